The lowest BCUT2D eigenvalue weighted by molar-refractivity contribution is 0.0951. The quantitative estimate of drug-likeness (QED) is 0.267. The Kier molecular flexibility index (Phi) is 9.34. The number of aromatic nitrogens is 2. The van der Waals surface area contributed by atoms with Crippen LogP contribution in [0.15, 0.2) is 84.9 Å². The van der Waals surface area contributed by atoms with Crippen molar-refractivity contribution in [1.29, 1.82) is 0 Å². The Morgan fingerprint density at radius 2 is 1.59 bits per heavy atom. The first-order chi connectivity index (χ1) is 18.1. The fraction of sp³-hybridized carbons (Fsp3) is 0.214. The predicted molar refractivity (Wildman–Crippen MR) is 145 cm³/mol. The molecule has 0 fully saturated rings. The zero-order chi connectivity index (χ0) is 25.9. The molecular weight excluding hydrogens is 486 g/mol. The van der Waals surface area contributed by atoms with Crippen LogP contribution >= 0.6 is 11.3 Å². The van der Waals surface area contributed by atoms with Crippen molar-refractivity contribution in [2.75, 3.05) is 25.5 Å². The molecule has 0 spiro atoms. The minimum absolute atomic E-state index is 0.143. The Labute approximate surface area is 220 Å². The standard InChI is InChI=1S/C28H29N5O3S/c1-33(19-21-9-4-2-5-10-21)18-8-17-29-26(34)22-13-15-23(16-14-22)30-27(35)28-32-31-25(37-28)20-36-24-11-6-3-7-12-24/h2-7,9-16H,8,17-20H2,1H3,(H,29,34)(H,30,35). The molecule has 4 aromatic rings. The number of hydrogen-bond acceptors (Lipinski definition) is 7. The van der Waals surface area contributed by atoms with Crippen molar-refractivity contribution in [2.24, 2.45) is 0 Å². The molecule has 1 aromatic heterocycles. The Morgan fingerprint density at radius 1 is 0.892 bits per heavy atom. The number of nitrogens with one attached hydrogen (secondary N) is 2. The maximum absolute atomic E-state index is 12.5. The maximum Gasteiger partial charge on any atom is 0.286 e. The van der Waals surface area contributed by atoms with E-state index in [-0.39, 0.29) is 23.4 Å². The summed E-state index contributed by atoms with van der Waals surface area (Å²) in [6.07, 6.45) is 0.851. The summed E-state index contributed by atoms with van der Waals surface area (Å²) in [5.41, 5.74) is 2.37. The number of amides is 2. The summed E-state index contributed by atoms with van der Waals surface area (Å²) < 4.78 is 5.65. The number of nitrogens with zero attached hydrogens (tertiary/aromatic N) is 3. The monoisotopic (exact) mass is 515 g/mol. The normalized spacial score (nSPS) is 10.8. The molecule has 9 heteroatoms. The average molecular weight is 516 g/mol. The van der Waals surface area contributed by atoms with E-state index < -0.39 is 0 Å². The Balaban J connectivity index is 1.18. The van der Waals surface area contributed by atoms with Crippen LogP contribution in [0.25, 0.3) is 0 Å². The summed E-state index contributed by atoms with van der Waals surface area (Å²) in [6, 6.07) is 26.5. The van der Waals surface area contributed by atoms with E-state index in [2.05, 4.69) is 44.9 Å². The van der Waals surface area contributed by atoms with Gasteiger partial charge in [0, 0.05) is 24.3 Å². The van der Waals surface area contributed by atoms with Crippen LogP contribution in [0.1, 0.15) is 37.2 Å². The summed E-state index contributed by atoms with van der Waals surface area (Å²) >= 11 is 1.17. The predicted octanol–water partition coefficient (Wildman–Crippen LogP) is 4.62. The summed E-state index contributed by atoms with van der Waals surface area (Å²) in [7, 11) is 2.07. The van der Waals surface area contributed by atoms with Gasteiger partial charge in [-0.05, 0) is 62.0 Å². The van der Waals surface area contributed by atoms with Crippen molar-refractivity contribution < 1.29 is 14.3 Å². The van der Waals surface area contributed by atoms with Gasteiger partial charge in [-0.1, -0.05) is 59.9 Å². The van der Waals surface area contributed by atoms with Gasteiger partial charge in [-0.3, -0.25) is 9.59 Å². The van der Waals surface area contributed by atoms with Crippen molar-refractivity contribution in [3.63, 3.8) is 0 Å². The number of rotatable bonds is 12. The zero-order valence-corrected chi connectivity index (χ0v) is 21.4. The maximum atomic E-state index is 12.5. The molecule has 0 bridgehead atoms. The number of para-hydroxylation sites is 1. The molecule has 3 aromatic carbocycles. The van der Waals surface area contributed by atoms with Gasteiger partial charge in [0.25, 0.3) is 11.8 Å². The highest BCUT2D eigenvalue weighted by Crippen LogP contribution is 2.17. The van der Waals surface area contributed by atoms with Gasteiger partial charge in [-0.15, -0.1) is 10.2 Å². The summed E-state index contributed by atoms with van der Waals surface area (Å²) in [6.45, 7) is 2.58. The van der Waals surface area contributed by atoms with E-state index in [0.717, 1.165) is 25.3 Å². The molecule has 0 unspecified atom stereocenters. The van der Waals surface area contributed by atoms with Gasteiger partial charge in [-0.25, -0.2) is 0 Å². The minimum Gasteiger partial charge on any atom is -0.486 e. The van der Waals surface area contributed by atoms with Crippen LogP contribution < -0.4 is 15.4 Å². The van der Waals surface area contributed by atoms with E-state index in [1.165, 1.54) is 16.9 Å². The molecule has 0 saturated carbocycles. The van der Waals surface area contributed by atoms with Crippen LogP contribution in [0.3, 0.4) is 0 Å². The summed E-state index contributed by atoms with van der Waals surface area (Å²) in [5, 5.41) is 14.6. The molecular formula is C28H29N5O3S. The molecule has 0 aliphatic rings. The SMILES string of the molecule is CN(CCCNC(=O)c1ccc(NC(=O)c2nnc(COc3ccccc3)s2)cc1)Cc1ccccc1. The van der Waals surface area contributed by atoms with E-state index in [1.54, 1.807) is 24.3 Å². The topological polar surface area (TPSA) is 96.5 Å². The first-order valence-electron chi connectivity index (χ1n) is 12.0. The third kappa shape index (κ3) is 8.23. The largest absolute Gasteiger partial charge is 0.486 e. The first kappa shape index (κ1) is 26.0. The van der Waals surface area contributed by atoms with Gasteiger partial charge >= 0.3 is 0 Å². The van der Waals surface area contributed by atoms with Crippen LogP contribution in [-0.4, -0.2) is 47.0 Å². The molecule has 4 rings (SSSR count). The molecule has 2 amide bonds. The summed E-state index contributed by atoms with van der Waals surface area (Å²) in [5.74, 6) is 0.222. The van der Waals surface area contributed by atoms with E-state index >= 15 is 0 Å². The van der Waals surface area contributed by atoms with Crippen molar-refractivity contribution in [3.05, 3.63) is 106 Å². The van der Waals surface area contributed by atoms with Gasteiger partial charge in [0.05, 0.1) is 0 Å². The highest BCUT2D eigenvalue weighted by atomic mass is 32.1. The molecule has 37 heavy (non-hydrogen) atoms. The zero-order valence-electron chi connectivity index (χ0n) is 20.6. The Bertz CT molecular complexity index is 1280. The number of hydrogen-bond donors (Lipinski definition) is 2. The van der Waals surface area contributed by atoms with Gasteiger partial charge in [0.2, 0.25) is 5.01 Å². The molecule has 0 aliphatic carbocycles. The van der Waals surface area contributed by atoms with E-state index in [1.807, 2.05) is 48.5 Å². The van der Waals surface area contributed by atoms with Gasteiger partial charge < -0.3 is 20.3 Å². The van der Waals surface area contributed by atoms with Crippen molar-refractivity contribution >= 4 is 28.8 Å². The van der Waals surface area contributed by atoms with E-state index in [0.29, 0.717) is 22.8 Å². The van der Waals surface area contributed by atoms with Crippen LogP contribution in [0.5, 0.6) is 5.75 Å². The van der Waals surface area contributed by atoms with Gasteiger partial charge in [0.15, 0.2) is 5.01 Å². The van der Waals surface area contributed by atoms with Crippen molar-refractivity contribution in [1.82, 2.24) is 20.4 Å². The second kappa shape index (κ2) is 13.3. The molecule has 190 valence electrons. The third-order valence-corrected chi connectivity index (χ3v) is 6.36. The highest BCUT2D eigenvalue weighted by Gasteiger charge is 2.14. The number of benzene rings is 3. The molecule has 8 nitrogen and oxygen atoms in total. The van der Waals surface area contributed by atoms with Crippen molar-refractivity contribution in [3.8, 4) is 5.75 Å². The van der Waals surface area contributed by atoms with Crippen LogP contribution in [0, 0.1) is 0 Å². The number of carbonyl (C=O) groups is 2. The second-order valence-corrected chi connectivity index (χ2v) is 9.53. The number of carbonyl (C=O) groups excluding carboxylic acids is 2. The Hall–Kier alpha value is -4.08. The smallest absolute Gasteiger partial charge is 0.286 e. The molecule has 1 heterocycles. The van der Waals surface area contributed by atoms with Crippen LogP contribution in [0.2, 0.25) is 0 Å². The van der Waals surface area contributed by atoms with E-state index in [9.17, 15) is 9.59 Å². The molecule has 0 saturated heterocycles. The molecule has 2 N–H and O–H groups in total. The lowest BCUT2D eigenvalue weighted by Gasteiger charge is -2.16. The van der Waals surface area contributed by atoms with Gasteiger partial charge in [-0.2, -0.15) is 0 Å². The molecule has 0 aliphatic heterocycles. The van der Waals surface area contributed by atoms with Crippen LogP contribution in [-0.2, 0) is 13.2 Å². The fourth-order valence-corrected chi connectivity index (χ4v) is 4.23. The third-order valence-electron chi connectivity index (χ3n) is 5.47. The lowest BCUT2D eigenvalue weighted by atomic mass is 10.2. The van der Waals surface area contributed by atoms with E-state index in [4.69, 9.17) is 4.74 Å². The van der Waals surface area contributed by atoms with Gasteiger partial charge in [0.1, 0.15) is 12.4 Å². The second-order valence-electron chi connectivity index (χ2n) is 8.47. The van der Waals surface area contributed by atoms with Crippen LogP contribution in [0.4, 0.5) is 5.69 Å². The van der Waals surface area contributed by atoms with Crippen molar-refractivity contribution in [2.45, 2.75) is 19.6 Å². The average Bonchev–Trinajstić information content (AvgIpc) is 3.41. The minimum atomic E-state index is -0.361. The summed E-state index contributed by atoms with van der Waals surface area (Å²) in [4.78, 5) is 27.2. The number of anilines is 1. The molecule has 0 radical (unpaired) electrons. The lowest BCUT2D eigenvalue weighted by Crippen LogP contribution is -2.28. The first-order valence-corrected chi connectivity index (χ1v) is 12.8. The molecule has 0 atom stereocenters. The highest BCUT2D eigenvalue weighted by molar-refractivity contribution is 7.13. The number of ether oxygens (including phenoxy) is 1. The Morgan fingerprint density at radius 3 is 2.32 bits per heavy atom. The fourth-order valence-electron chi connectivity index (χ4n) is 3.58.